The normalized spacial score (nSPS) is 16.3. The summed E-state index contributed by atoms with van der Waals surface area (Å²) < 4.78 is 23.0. The first-order chi connectivity index (χ1) is 41.0. The van der Waals surface area contributed by atoms with E-state index in [4.69, 9.17) is 18.9 Å². The first kappa shape index (κ1) is 82.8. The molecule has 0 aliphatic heterocycles. The first-order valence-corrected chi connectivity index (χ1v) is 37.0. The van der Waals surface area contributed by atoms with Crippen molar-refractivity contribution in [3.8, 4) is 0 Å². The van der Waals surface area contributed by atoms with E-state index < -0.39 is 35.7 Å². The zero-order valence-electron chi connectivity index (χ0n) is 58.6. The highest BCUT2D eigenvalue weighted by atomic mass is 16.6. The fourth-order valence-electron chi connectivity index (χ4n) is 12.2. The summed E-state index contributed by atoms with van der Waals surface area (Å²) >= 11 is 0. The van der Waals surface area contributed by atoms with Gasteiger partial charge < -0.3 is 29.0 Å². The molecule has 4 aliphatic rings. The SMILES string of the molecule is CCCCCC(C)C.CCCCCC(C)C.CCCCCC(C)C.CCCCCC(C)C.O=C(OCC1CCCCC1)C(CCCN(CCCO)CCCC(C(=O)OCC1CCCCC1)C(=O)OCC1CCCCC1)C(=O)OCC1CCCCC1. The molecule has 0 radical (unpaired) electrons. The molecule has 4 fully saturated rings. The van der Waals surface area contributed by atoms with E-state index in [0.29, 0.717) is 102 Å². The molecule has 0 aromatic carbocycles. The Hall–Kier alpha value is -2.20. The lowest BCUT2D eigenvalue weighted by atomic mass is 9.90. The van der Waals surface area contributed by atoms with Crippen LogP contribution in [0.4, 0.5) is 0 Å². The van der Waals surface area contributed by atoms with E-state index in [1.54, 1.807) is 0 Å². The molecule has 4 aliphatic carbocycles. The van der Waals surface area contributed by atoms with Crippen LogP contribution in [0.1, 0.15) is 346 Å². The molecule has 0 amide bonds. The lowest BCUT2D eigenvalue weighted by Crippen LogP contribution is -2.34. The van der Waals surface area contributed by atoms with Crippen molar-refractivity contribution in [1.82, 2.24) is 4.90 Å². The van der Waals surface area contributed by atoms with Crippen molar-refractivity contribution in [2.75, 3.05) is 52.7 Å². The Labute approximate surface area is 527 Å². The van der Waals surface area contributed by atoms with Crippen LogP contribution in [0.5, 0.6) is 0 Å². The Morgan fingerprint density at radius 2 is 0.553 bits per heavy atom. The molecule has 4 rings (SSSR count). The zero-order valence-corrected chi connectivity index (χ0v) is 58.6. The fourth-order valence-corrected chi connectivity index (χ4v) is 12.2. The molecule has 1 N–H and O–H groups in total. The van der Waals surface area contributed by atoms with E-state index in [9.17, 15) is 24.3 Å². The van der Waals surface area contributed by atoms with Crippen molar-refractivity contribution in [3.05, 3.63) is 0 Å². The van der Waals surface area contributed by atoms with Crippen LogP contribution in [0.15, 0.2) is 0 Å². The minimum Gasteiger partial charge on any atom is -0.465 e. The Bertz CT molecular complexity index is 1290. The van der Waals surface area contributed by atoms with Gasteiger partial charge in [-0.25, -0.2) is 0 Å². The molecule has 0 unspecified atom stereocenters. The molecule has 10 heteroatoms. The number of unbranched alkanes of at least 4 members (excludes halogenated alkanes) is 8. The van der Waals surface area contributed by atoms with E-state index in [0.717, 1.165) is 126 Å². The third-order valence-electron chi connectivity index (χ3n) is 18.0. The van der Waals surface area contributed by atoms with Crippen molar-refractivity contribution >= 4 is 23.9 Å². The number of nitrogens with zero attached hydrogens (tertiary/aromatic N) is 1. The van der Waals surface area contributed by atoms with Crippen LogP contribution in [0, 0.1) is 59.2 Å². The minimum absolute atomic E-state index is 0.0454. The highest BCUT2D eigenvalue weighted by Gasteiger charge is 2.33. The first-order valence-electron chi connectivity index (χ1n) is 37.0. The molecule has 0 bridgehead atoms. The smallest absolute Gasteiger partial charge is 0.320 e. The fraction of sp³-hybridized carbons (Fsp3) is 0.947. The molecule has 0 atom stereocenters. The lowest BCUT2D eigenvalue weighted by Gasteiger charge is -2.26. The van der Waals surface area contributed by atoms with Gasteiger partial charge in [0.2, 0.25) is 0 Å². The number of aliphatic hydroxyl groups excluding tert-OH is 1. The highest BCUT2D eigenvalue weighted by Crippen LogP contribution is 2.29. The van der Waals surface area contributed by atoms with E-state index in [1.165, 1.54) is 128 Å². The van der Waals surface area contributed by atoms with Crippen LogP contribution >= 0.6 is 0 Å². The van der Waals surface area contributed by atoms with Crippen LogP contribution in [-0.4, -0.2) is 86.6 Å². The van der Waals surface area contributed by atoms with E-state index >= 15 is 0 Å². The summed E-state index contributed by atoms with van der Waals surface area (Å²) in [5.41, 5.74) is 0. The van der Waals surface area contributed by atoms with Gasteiger partial charge in [0.1, 0.15) is 0 Å². The van der Waals surface area contributed by atoms with E-state index in [-0.39, 0.29) is 6.61 Å². The number of carbonyl (C=O) groups excluding carboxylic acids is 4. The maximum Gasteiger partial charge on any atom is 0.320 e. The quantitative estimate of drug-likeness (QED) is 0.0275. The van der Waals surface area contributed by atoms with Crippen molar-refractivity contribution in [1.29, 1.82) is 0 Å². The average molecular weight is 1200 g/mol. The second-order valence-corrected chi connectivity index (χ2v) is 28.4. The molecule has 0 aromatic heterocycles. The monoisotopic (exact) mass is 1200 g/mol. The van der Waals surface area contributed by atoms with Crippen molar-refractivity contribution in [2.45, 2.75) is 346 Å². The number of hydrogen-bond acceptors (Lipinski definition) is 10. The summed E-state index contributed by atoms with van der Waals surface area (Å²) in [5, 5.41) is 9.63. The van der Waals surface area contributed by atoms with Gasteiger partial charge in [0.05, 0.1) is 26.4 Å². The van der Waals surface area contributed by atoms with Crippen LogP contribution in [0.3, 0.4) is 0 Å². The van der Waals surface area contributed by atoms with Gasteiger partial charge in [0.15, 0.2) is 11.8 Å². The van der Waals surface area contributed by atoms with Gasteiger partial charge in [0.25, 0.3) is 0 Å². The summed E-state index contributed by atoms with van der Waals surface area (Å²) in [5.74, 6) is 1.23. The summed E-state index contributed by atoms with van der Waals surface area (Å²) in [4.78, 5) is 55.6. The standard InChI is InChI=1S/C43H73NO9.4C8H18/c45-29-15-28-44(26-13-24-38(40(46)50-30-34-16-5-1-6-17-34)41(47)51-31-35-18-7-2-8-19-35)27-14-25-39(42(48)52-32-36-20-9-3-10-21-36)43(49)53-33-37-22-11-4-12-23-37;4*1-4-5-6-7-8(2)3/h34-39,45H,1-33H2;4*8H,4-7H2,1-3H3. The highest BCUT2D eigenvalue weighted by molar-refractivity contribution is 5.95. The number of rotatable bonds is 39. The third-order valence-corrected chi connectivity index (χ3v) is 18.0. The summed E-state index contributed by atoms with van der Waals surface area (Å²) in [6.07, 6.45) is 47.4. The largest absolute Gasteiger partial charge is 0.465 e. The summed E-state index contributed by atoms with van der Waals surface area (Å²) in [7, 11) is 0. The van der Waals surface area contributed by atoms with E-state index in [1.807, 2.05) is 0 Å². The molecule has 85 heavy (non-hydrogen) atoms. The molecule has 0 aromatic rings. The Kier molecular flexibility index (Phi) is 56.7. The predicted molar refractivity (Wildman–Crippen MR) is 360 cm³/mol. The number of hydrogen-bond donors (Lipinski definition) is 1. The molecular formula is C75H145NO9. The number of ether oxygens (including phenoxy) is 4. The second kappa shape index (κ2) is 58.2. The topological polar surface area (TPSA) is 129 Å². The van der Waals surface area contributed by atoms with Gasteiger partial charge in [-0.1, -0.05) is 263 Å². The third kappa shape index (κ3) is 50.3. The maximum atomic E-state index is 13.4. The van der Waals surface area contributed by atoms with Crippen molar-refractivity contribution in [2.24, 2.45) is 59.2 Å². The molecule has 0 heterocycles. The van der Waals surface area contributed by atoms with Gasteiger partial charge in [0, 0.05) is 13.2 Å². The molecule has 4 saturated carbocycles. The Morgan fingerprint density at radius 3 is 0.753 bits per heavy atom. The van der Waals surface area contributed by atoms with Crippen LogP contribution in [0.25, 0.3) is 0 Å². The van der Waals surface area contributed by atoms with Gasteiger partial charge in [-0.3, -0.25) is 19.2 Å². The number of aliphatic hydroxyl groups is 1. The number of carbonyl (C=O) groups is 4. The zero-order chi connectivity index (χ0) is 63.1. The average Bonchev–Trinajstić information content (AvgIpc) is 3.50. The maximum absolute atomic E-state index is 13.4. The lowest BCUT2D eigenvalue weighted by molar-refractivity contribution is -0.166. The molecule has 0 spiro atoms. The summed E-state index contributed by atoms with van der Waals surface area (Å²) in [6.45, 7) is 30.6. The van der Waals surface area contributed by atoms with Gasteiger partial charge in [-0.15, -0.1) is 0 Å². The molecule has 504 valence electrons. The Morgan fingerprint density at radius 1 is 0.329 bits per heavy atom. The van der Waals surface area contributed by atoms with Crippen LogP contribution < -0.4 is 0 Å². The van der Waals surface area contributed by atoms with Gasteiger partial charge in [-0.2, -0.15) is 0 Å². The van der Waals surface area contributed by atoms with Crippen molar-refractivity contribution < 1.29 is 43.2 Å². The minimum atomic E-state index is -0.955. The van der Waals surface area contributed by atoms with E-state index in [2.05, 4.69) is 88.0 Å². The molecule has 0 saturated heterocycles. The Balaban J connectivity index is 0.00000178. The van der Waals surface area contributed by atoms with Gasteiger partial charge >= 0.3 is 23.9 Å². The van der Waals surface area contributed by atoms with Gasteiger partial charge in [-0.05, 0) is 144 Å². The van der Waals surface area contributed by atoms with Crippen LogP contribution in [-0.2, 0) is 38.1 Å². The van der Waals surface area contributed by atoms with Crippen molar-refractivity contribution in [3.63, 3.8) is 0 Å². The number of esters is 4. The van der Waals surface area contributed by atoms with Crippen LogP contribution in [0.2, 0.25) is 0 Å². The predicted octanol–water partition coefficient (Wildman–Crippen LogP) is 20.8. The summed E-state index contributed by atoms with van der Waals surface area (Å²) in [6, 6.07) is 0. The second-order valence-electron chi connectivity index (χ2n) is 28.4. The molecular weight excluding hydrogens is 1060 g/mol. The molecule has 10 nitrogen and oxygen atoms in total.